The molecule has 0 radical (unpaired) electrons. The van der Waals surface area contributed by atoms with Gasteiger partial charge < -0.3 is 10.6 Å². The molecule has 0 aliphatic heterocycles. The second kappa shape index (κ2) is 7.85. The molecule has 1 aliphatic carbocycles. The van der Waals surface area contributed by atoms with Crippen LogP contribution >= 0.6 is 0 Å². The maximum Gasteiger partial charge on any atom is 0.433 e. The quantitative estimate of drug-likeness (QED) is 0.562. The number of alkyl halides is 3. The predicted molar refractivity (Wildman–Crippen MR) is 111 cm³/mol. The molecule has 3 aromatic rings. The van der Waals surface area contributed by atoms with Gasteiger partial charge in [-0.3, -0.25) is 4.98 Å². The van der Waals surface area contributed by atoms with Gasteiger partial charge in [-0.15, -0.1) is 0 Å². The Morgan fingerprint density at radius 3 is 2.50 bits per heavy atom. The van der Waals surface area contributed by atoms with Gasteiger partial charge in [-0.05, 0) is 51.0 Å². The smallest absolute Gasteiger partial charge is 0.352 e. The van der Waals surface area contributed by atoms with Crippen LogP contribution < -0.4 is 10.6 Å². The van der Waals surface area contributed by atoms with Crippen LogP contribution in [0.4, 0.5) is 30.8 Å². The fourth-order valence-corrected chi connectivity index (χ4v) is 2.84. The summed E-state index contributed by atoms with van der Waals surface area (Å²) in [5, 5.41) is 6.16. The standard InChI is InChI=1S/C20H20F3N7.2H2/c1-11(2)25-18-28-17(14-4-3-5-16(27-14)20(21,22)23)29-19(30-18)26-13-8-9-24-15(10-13)12-6-7-12;;/h3-5,8-12H,6-7H2,1-2H3,(H2,24,25,26,28,29,30);2*1H. The van der Waals surface area contributed by atoms with Crippen molar-refractivity contribution in [1.29, 1.82) is 0 Å². The van der Waals surface area contributed by atoms with Crippen molar-refractivity contribution in [3.63, 3.8) is 0 Å². The number of anilines is 3. The first-order valence-corrected chi connectivity index (χ1v) is 9.58. The van der Waals surface area contributed by atoms with Gasteiger partial charge in [-0.1, -0.05) is 6.07 Å². The number of aromatic nitrogens is 5. The zero-order valence-electron chi connectivity index (χ0n) is 16.4. The average Bonchev–Trinajstić information content (AvgIpc) is 3.52. The van der Waals surface area contributed by atoms with E-state index in [0.717, 1.165) is 30.3 Å². The zero-order valence-corrected chi connectivity index (χ0v) is 16.4. The number of hydrogen-bond acceptors (Lipinski definition) is 7. The lowest BCUT2D eigenvalue weighted by Gasteiger charge is -2.13. The van der Waals surface area contributed by atoms with Gasteiger partial charge in [-0.2, -0.15) is 28.1 Å². The maximum atomic E-state index is 13.1. The monoisotopic (exact) mass is 419 g/mol. The molecular formula is C20H24F3N7. The SMILES string of the molecule is CC(C)Nc1nc(Nc2ccnc(C3CC3)c2)nc(-c2cccc(C(F)(F)F)n2)n1.[HH].[HH]. The molecule has 160 valence electrons. The molecule has 0 amide bonds. The molecule has 0 bridgehead atoms. The van der Waals surface area contributed by atoms with Gasteiger partial charge in [0.05, 0.1) is 0 Å². The van der Waals surface area contributed by atoms with Crippen LogP contribution in [0.5, 0.6) is 0 Å². The molecule has 1 saturated carbocycles. The van der Waals surface area contributed by atoms with E-state index in [-0.39, 0.29) is 32.3 Å². The Kier molecular flexibility index (Phi) is 5.23. The van der Waals surface area contributed by atoms with E-state index in [1.165, 1.54) is 12.1 Å². The lowest BCUT2D eigenvalue weighted by atomic mass is 10.2. The molecule has 0 aromatic carbocycles. The van der Waals surface area contributed by atoms with E-state index in [1.54, 1.807) is 12.3 Å². The van der Waals surface area contributed by atoms with Gasteiger partial charge in [0.2, 0.25) is 11.9 Å². The summed E-state index contributed by atoms with van der Waals surface area (Å²) in [6, 6.07) is 7.36. The summed E-state index contributed by atoms with van der Waals surface area (Å²) in [5.74, 6) is 0.967. The first kappa shape index (κ1) is 20.0. The lowest BCUT2D eigenvalue weighted by molar-refractivity contribution is -0.141. The van der Waals surface area contributed by atoms with Crippen LogP contribution in [0, 0.1) is 0 Å². The topological polar surface area (TPSA) is 88.5 Å². The Morgan fingerprint density at radius 2 is 1.80 bits per heavy atom. The molecule has 0 unspecified atom stereocenters. The van der Waals surface area contributed by atoms with Gasteiger partial charge in [0.15, 0.2) is 5.82 Å². The van der Waals surface area contributed by atoms with Gasteiger partial charge in [0.1, 0.15) is 11.4 Å². The fraction of sp³-hybridized carbons (Fsp3) is 0.350. The van der Waals surface area contributed by atoms with Crippen molar-refractivity contribution in [3.8, 4) is 11.5 Å². The second-order valence-corrected chi connectivity index (χ2v) is 7.38. The van der Waals surface area contributed by atoms with E-state index in [9.17, 15) is 13.2 Å². The fourth-order valence-electron chi connectivity index (χ4n) is 2.84. The van der Waals surface area contributed by atoms with Crippen LogP contribution in [-0.2, 0) is 6.18 Å². The summed E-state index contributed by atoms with van der Waals surface area (Å²) in [6.45, 7) is 3.81. The van der Waals surface area contributed by atoms with Crippen molar-refractivity contribution >= 4 is 17.6 Å². The number of nitrogens with one attached hydrogen (secondary N) is 2. The highest BCUT2D eigenvalue weighted by molar-refractivity contribution is 5.59. The van der Waals surface area contributed by atoms with E-state index < -0.39 is 11.9 Å². The van der Waals surface area contributed by atoms with Crippen LogP contribution in [0.2, 0.25) is 0 Å². The largest absolute Gasteiger partial charge is 0.433 e. The Balaban J connectivity index is 0.00000181. The molecule has 10 heteroatoms. The summed E-state index contributed by atoms with van der Waals surface area (Å²) >= 11 is 0. The molecule has 0 saturated heterocycles. The Hall–Kier alpha value is -3.30. The van der Waals surface area contributed by atoms with Crippen molar-refractivity contribution in [1.82, 2.24) is 24.9 Å². The normalized spacial score (nSPS) is 14.1. The highest BCUT2D eigenvalue weighted by Gasteiger charge is 2.32. The lowest BCUT2D eigenvalue weighted by Crippen LogP contribution is -2.15. The molecule has 30 heavy (non-hydrogen) atoms. The molecule has 7 nitrogen and oxygen atoms in total. The number of nitrogens with zero attached hydrogens (tertiary/aromatic N) is 5. The third kappa shape index (κ3) is 4.81. The van der Waals surface area contributed by atoms with Crippen LogP contribution in [0.1, 0.15) is 46.8 Å². The predicted octanol–water partition coefficient (Wildman–Crippen LogP) is 5.28. The number of halogens is 3. The van der Waals surface area contributed by atoms with Crippen LogP contribution in [0.15, 0.2) is 36.5 Å². The van der Waals surface area contributed by atoms with Gasteiger partial charge >= 0.3 is 6.18 Å². The summed E-state index contributed by atoms with van der Waals surface area (Å²) in [5.41, 5.74) is 0.748. The number of hydrogen-bond donors (Lipinski definition) is 2. The summed E-state index contributed by atoms with van der Waals surface area (Å²) in [4.78, 5) is 20.9. The molecule has 0 atom stereocenters. The zero-order chi connectivity index (χ0) is 21.3. The second-order valence-electron chi connectivity index (χ2n) is 7.38. The highest BCUT2D eigenvalue weighted by atomic mass is 19.4. The molecule has 0 spiro atoms. The highest BCUT2D eigenvalue weighted by Crippen LogP contribution is 2.39. The van der Waals surface area contributed by atoms with E-state index in [0.29, 0.717) is 5.92 Å². The molecular weight excluding hydrogens is 395 g/mol. The molecule has 3 aromatic heterocycles. The summed E-state index contributed by atoms with van der Waals surface area (Å²) in [7, 11) is 0. The first-order valence-electron chi connectivity index (χ1n) is 9.58. The van der Waals surface area contributed by atoms with Crippen LogP contribution in [0.3, 0.4) is 0 Å². The van der Waals surface area contributed by atoms with Gasteiger partial charge in [0.25, 0.3) is 0 Å². The van der Waals surface area contributed by atoms with Crippen molar-refractivity contribution in [2.24, 2.45) is 0 Å². The molecule has 3 heterocycles. The summed E-state index contributed by atoms with van der Waals surface area (Å²) in [6.07, 6.45) is -0.606. The van der Waals surface area contributed by atoms with Crippen molar-refractivity contribution < 1.29 is 16.0 Å². The molecule has 1 fully saturated rings. The Morgan fingerprint density at radius 1 is 1.03 bits per heavy atom. The Labute approximate surface area is 174 Å². The third-order valence-electron chi connectivity index (χ3n) is 4.35. The molecule has 4 rings (SSSR count). The Bertz CT molecular complexity index is 1060. The van der Waals surface area contributed by atoms with Crippen LogP contribution in [0.25, 0.3) is 11.5 Å². The van der Waals surface area contributed by atoms with E-state index in [4.69, 9.17) is 0 Å². The third-order valence-corrected chi connectivity index (χ3v) is 4.35. The molecule has 2 N–H and O–H groups in total. The molecule has 1 aliphatic rings. The van der Waals surface area contributed by atoms with Crippen molar-refractivity contribution in [2.45, 2.75) is 44.8 Å². The summed E-state index contributed by atoms with van der Waals surface area (Å²) < 4.78 is 39.2. The minimum absolute atomic E-state index is 0. The van der Waals surface area contributed by atoms with E-state index >= 15 is 0 Å². The first-order chi connectivity index (χ1) is 14.3. The van der Waals surface area contributed by atoms with Gasteiger partial charge in [-0.25, -0.2) is 4.98 Å². The number of pyridine rings is 2. The van der Waals surface area contributed by atoms with Crippen molar-refractivity contribution in [2.75, 3.05) is 10.6 Å². The van der Waals surface area contributed by atoms with Crippen molar-refractivity contribution in [3.05, 3.63) is 47.9 Å². The maximum absolute atomic E-state index is 13.1. The van der Waals surface area contributed by atoms with E-state index in [1.807, 2.05) is 19.9 Å². The van der Waals surface area contributed by atoms with Crippen LogP contribution in [-0.4, -0.2) is 31.0 Å². The minimum atomic E-state index is -4.56. The van der Waals surface area contributed by atoms with E-state index in [2.05, 4.69) is 35.6 Å². The minimum Gasteiger partial charge on any atom is -0.352 e. The number of rotatable bonds is 6. The average molecular weight is 419 g/mol. The van der Waals surface area contributed by atoms with Gasteiger partial charge in [0, 0.05) is 32.4 Å².